The van der Waals surface area contributed by atoms with E-state index in [4.69, 9.17) is 4.74 Å². The fraction of sp³-hybridized carbons (Fsp3) is 0.643. The Morgan fingerprint density at radius 2 is 2.00 bits per heavy atom. The van der Waals surface area contributed by atoms with E-state index in [1.165, 1.54) is 0 Å². The van der Waals surface area contributed by atoms with Gasteiger partial charge in [-0.25, -0.2) is 13.8 Å². The van der Waals surface area contributed by atoms with Crippen LogP contribution in [0, 0.1) is 0 Å². The number of alkyl halides is 2. The molecule has 0 spiro atoms. The van der Waals surface area contributed by atoms with Crippen molar-refractivity contribution in [1.29, 1.82) is 0 Å². The Morgan fingerprint density at radius 3 is 2.53 bits per heavy atom. The Kier molecular flexibility index (Phi) is 5.66. The number of nitrogens with one attached hydrogen (secondary N) is 1. The van der Waals surface area contributed by atoms with Gasteiger partial charge in [-0.3, -0.25) is 0 Å². The Bertz CT molecular complexity index is 403. The van der Waals surface area contributed by atoms with E-state index in [0.29, 0.717) is 6.54 Å². The van der Waals surface area contributed by atoms with E-state index in [0.717, 1.165) is 17.7 Å². The van der Waals surface area contributed by atoms with E-state index < -0.39 is 13.0 Å². The van der Waals surface area contributed by atoms with Crippen LogP contribution in [0.2, 0.25) is 0 Å². The summed E-state index contributed by atoms with van der Waals surface area (Å²) in [4.78, 5) is 4.18. The maximum atomic E-state index is 12.1. The Hall–Kier alpha value is -1.23. The van der Waals surface area contributed by atoms with Gasteiger partial charge >= 0.3 is 0 Å². The summed E-state index contributed by atoms with van der Waals surface area (Å²) in [5.41, 5.74) is 1.84. The van der Waals surface area contributed by atoms with Crippen LogP contribution in [0.3, 0.4) is 0 Å². The second-order valence-electron chi connectivity index (χ2n) is 5.46. The molecule has 5 heteroatoms. The molecule has 1 rings (SSSR count). The highest BCUT2D eigenvalue weighted by Gasteiger charge is 2.11. The molecule has 0 amide bonds. The molecular formula is C14H22F2N2O. The predicted octanol–water partition coefficient (Wildman–Crippen LogP) is 3.18. The van der Waals surface area contributed by atoms with Gasteiger partial charge < -0.3 is 10.1 Å². The number of pyridine rings is 1. The number of ether oxygens (including phenoxy) is 1. The average molecular weight is 272 g/mol. The minimum absolute atomic E-state index is 0.000356. The summed E-state index contributed by atoms with van der Waals surface area (Å²) in [6, 6.07) is 3.67. The zero-order valence-electron chi connectivity index (χ0n) is 12.0. The van der Waals surface area contributed by atoms with Crippen molar-refractivity contribution in [3.05, 3.63) is 23.4 Å². The van der Waals surface area contributed by atoms with Crippen LogP contribution in [0.5, 0.6) is 5.88 Å². The summed E-state index contributed by atoms with van der Waals surface area (Å²) < 4.78 is 29.3. The second-order valence-corrected chi connectivity index (χ2v) is 5.46. The third-order valence-electron chi connectivity index (χ3n) is 2.46. The molecule has 0 aromatic carbocycles. The van der Waals surface area contributed by atoms with E-state index in [9.17, 15) is 8.78 Å². The third kappa shape index (κ3) is 6.47. The number of hydrogen-bond acceptors (Lipinski definition) is 3. The molecule has 108 valence electrons. The van der Waals surface area contributed by atoms with Crippen molar-refractivity contribution < 1.29 is 13.5 Å². The minimum Gasteiger partial charge on any atom is -0.472 e. The molecule has 0 atom stereocenters. The minimum atomic E-state index is -2.48. The van der Waals surface area contributed by atoms with Gasteiger partial charge in [0, 0.05) is 23.8 Å². The summed E-state index contributed by atoms with van der Waals surface area (Å²) >= 11 is 0. The monoisotopic (exact) mass is 272 g/mol. The van der Waals surface area contributed by atoms with Crippen LogP contribution in [0.4, 0.5) is 8.78 Å². The molecule has 1 aromatic heterocycles. The van der Waals surface area contributed by atoms with Gasteiger partial charge in [-0.1, -0.05) is 6.92 Å². The van der Waals surface area contributed by atoms with Crippen LogP contribution in [-0.2, 0) is 13.0 Å². The summed E-state index contributed by atoms with van der Waals surface area (Å²) in [6.45, 7) is 8.23. The first-order valence-corrected chi connectivity index (χ1v) is 6.46. The van der Waals surface area contributed by atoms with Gasteiger partial charge in [0.05, 0.1) is 0 Å². The number of hydrogen-bond donors (Lipinski definition) is 1. The average Bonchev–Trinajstić information content (AvgIpc) is 2.33. The largest absolute Gasteiger partial charge is 0.472 e. The first-order valence-electron chi connectivity index (χ1n) is 6.46. The molecule has 1 aromatic rings. The van der Waals surface area contributed by atoms with Gasteiger partial charge in [-0.15, -0.1) is 0 Å². The zero-order chi connectivity index (χ0) is 14.5. The summed E-state index contributed by atoms with van der Waals surface area (Å²) in [5, 5.41) is 3.35. The van der Waals surface area contributed by atoms with Gasteiger partial charge in [0.15, 0.2) is 6.61 Å². The molecule has 0 radical (unpaired) electrons. The molecule has 0 aliphatic carbocycles. The Balaban J connectivity index is 2.77. The maximum absolute atomic E-state index is 12.1. The molecule has 0 saturated heterocycles. The van der Waals surface area contributed by atoms with Crippen molar-refractivity contribution in [1.82, 2.24) is 10.3 Å². The SMILES string of the molecule is CCc1cc(CNC(C)(C)C)cc(OCC(F)F)n1. The topological polar surface area (TPSA) is 34.1 Å². The Morgan fingerprint density at radius 1 is 1.32 bits per heavy atom. The fourth-order valence-corrected chi connectivity index (χ4v) is 1.49. The van der Waals surface area contributed by atoms with Crippen molar-refractivity contribution in [3.63, 3.8) is 0 Å². The summed E-state index contributed by atoms with van der Waals surface area (Å²) in [6.07, 6.45) is -1.74. The highest BCUT2D eigenvalue weighted by atomic mass is 19.3. The van der Waals surface area contributed by atoms with Crippen molar-refractivity contribution in [2.45, 2.75) is 52.6 Å². The molecule has 3 nitrogen and oxygen atoms in total. The van der Waals surface area contributed by atoms with Crippen molar-refractivity contribution in [2.24, 2.45) is 0 Å². The first-order chi connectivity index (χ1) is 8.80. The molecule has 0 bridgehead atoms. The fourth-order valence-electron chi connectivity index (χ4n) is 1.49. The smallest absolute Gasteiger partial charge is 0.272 e. The van der Waals surface area contributed by atoms with Crippen LogP contribution >= 0.6 is 0 Å². The van der Waals surface area contributed by atoms with Crippen LogP contribution in [-0.4, -0.2) is 23.6 Å². The molecule has 1 N–H and O–H groups in total. The third-order valence-corrected chi connectivity index (χ3v) is 2.46. The molecular weight excluding hydrogens is 250 g/mol. The van der Waals surface area contributed by atoms with E-state index >= 15 is 0 Å². The van der Waals surface area contributed by atoms with Crippen molar-refractivity contribution in [3.8, 4) is 5.88 Å². The maximum Gasteiger partial charge on any atom is 0.272 e. The lowest BCUT2D eigenvalue weighted by Gasteiger charge is -2.21. The van der Waals surface area contributed by atoms with E-state index in [1.54, 1.807) is 6.07 Å². The zero-order valence-corrected chi connectivity index (χ0v) is 12.0. The number of nitrogens with zero attached hydrogens (tertiary/aromatic N) is 1. The highest BCUT2D eigenvalue weighted by molar-refractivity contribution is 5.25. The quantitative estimate of drug-likeness (QED) is 0.863. The van der Waals surface area contributed by atoms with Crippen LogP contribution < -0.4 is 10.1 Å². The van der Waals surface area contributed by atoms with E-state index in [2.05, 4.69) is 31.1 Å². The molecule has 0 aliphatic heterocycles. The Labute approximate surface area is 113 Å². The van der Waals surface area contributed by atoms with Crippen molar-refractivity contribution in [2.75, 3.05) is 6.61 Å². The first kappa shape index (κ1) is 15.8. The predicted molar refractivity (Wildman–Crippen MR) is 71.7 cm³/mol. The number of rotatable bonds is 6. The van der Waals surface area contributed by atoms with Gasteiger partial charge in [0.25, 0.3) is 6.43 Å². The number of halogens is 2. The van der Waals surface area contributed by atoms with E-state index in [-0.39, 0.29) is 11.4 Å². The normalized spacial score (nSPS) is 11.9. The van der Waals surface area contributed by atoms with E-state index in [1.807, 2.05) is 13.0 Å². The molecule has 19 heavy (non-hydrogen) atoms. The van der Waals surface area contributed by atoms with Gasteiger partial charge in [-0.05, 0) is 38.8 Å². The molecule has 0 saturated carbocycles. The van der Waals surface area contributed by atoms with Gasteiger partial charge in [0.1, 0.15) is 0 Å². The van der Waals surface area contributed by atoms with Crippen LogP contribution in [0.15, 0.2) is 12.1 Å². The van der Waals surface area contributed by atoms with Crippen LogP contribution in [0.25, 0.3) is 0 Å². The summed E-state index contributed by atoms with van der Waals surface area (Å²) in [7, 11) is 0. The molecule has 0 aliphatic rings. The molecule has 0 unspecified atom stereocenters. The summed E-state index contributed by atoms with van der Waals surface area (Å²) in [5.74, 6) is 0.269. The lowest BCUT2D eigenvalue weighted by molar-refractivity contribution is 0.0794. The molecule has 0 fully saturated rings. The lowest BCUT2D eigenvalue weighted by atomic mass is 10.1. The number of aromatic nitrogens is 1. The van der Waals surface area contributed by atoms with Gasteiger partial charge in [0.2, 0.25) is 5.88 Å². The standard InChI is InChI=1S/C14H22F2N2O/c1-5-11-6-10(8-17-14(2,3)4)7-13(18-11)19-9-12(15)16/h6-7,12,17H,5,8-9H2,1-4H3. The number of aryl methyl sites for hydroxylation is 1. The molecule has 1 heterocycles. The second kappa shape index (κ2) is 6.80. The van der Waals surface area contributed by atoms with Crippen LogP contribution in [0.1, 0.15) is 39.0 Å². The van der Waals surface area contributed by atoms with Crippen molar-refractivity contribution >= 4 is 0 Å². The lowest BCUT2D eigenvalue weighted by Crippen LogP contribution is -2.35. The van der Waals surface area contributed by atoms with Gasteiger partial charge in [-0.2, -0.15) is 0 Å². The highest BCUT2D eigenvalue weighted by Crippen LogP contribution is 2.15.